The normalized spacial score (nSPS) is 15.0. The predicted molar refractivity (Wildman–Crippen MR) is 139 cm³/mol. The summed E-state index contributed by atoms with van der Waals surface area (Å²) < 4.78 is 21.2. The number of carbonyl (C=O) groups is 2. The molecule has 9 nitrogen and oxygen atoms in total. The topological polar surface area (TPSA) is 124 Å². The lowest BCUT2D eigenvalue weighted by atomic mass is 9.81. The van der Waals surface area contributed by atoms with E-state index < -0.39 is 17.9 Å². The lowest BCUT2D eigenvalue weighted by molar-refractivity contribution is -0.139. The molecule has 38 heavy (non-hydrogen) atoms. The molecule has 2 N–H and O–H groups in total. The van der Waals surface area contributed by atoms with Gasteiger partial charge < -0.3 is 24.7 Å². The van der Waals surface area contributed by atoms with Gasteiger partial charge in [0.05, 0.1) is 44.5 Å². The van der Waals surface area contributed by atoms with Crippen molar-refractivity contribution in [2.45, 2.75) is 5.92 Å². The van der Waals surface area contributed by atoms with E-state index in [1.165, 1.54) is 19.1 Å². The molecule has 1 atom stereocenters. The SMILES string of the molecule is COC(=O)C1=C(C(=O)OC)N(c2ccc(Oc3cccc(OC)c3)cc2)C(N)=C(C#N)C1c1ccccc1. The molecule has 4 rings (SSSR count). The Hall–Kier alpha value is -5.23. The highest BCUT2D eigenvalue weighted by atomic mass is 16.5. The van der Waals surface area contributed by atoms with Crippen LogP contribution in [0.3, 0.4) is 0 Å². The van der Waals surface area contributed by atoms with Gasteiger partial charge >= 0.3 is 11.9 Å². The first-order valence-electron chi connectivity index (χ1n) is 11.5. The van der Waals surface area contributed by atoms with Crippen molar-refractivity contribution in [2.24, 2.45) is 5.73 Å². The second-order valence-electron chi connectivity index (χ2n) is 8.11. The molecule has 9 heteroatoms. The van der Waals surface area contributed by atoms with Crippen molar-refractivity contribution in [1.29, 1.82) is 5.26 Å². The number of hydrogen-bond donors (Lipinski definition) is 1. The summed E-state index contributed by atoms with van der Waals surface area (Å²) in [6.07, 6.45) is 0. The third-order valence-corrected chi connectivity index (χ3v) is 5.98. The number of anilines is 1. The standard InChI is InChI=1S/C29H25N3O6/c1-35-21-10-7-11-22(16-21)38-20-14-12-19(13-15-20)32-26(29(34)37-3)25(28(33)36-2)24(23(17-30)27(32)31)18-8-5-4-6-9-18/h4-16,24H,31H2,1-3H3. The molecule has 1 aliphatic rings. The Morgan fingerprint density at radius 3 is 2.11 bits per heavy atom. The molecular weight excluding hydrogens is 486 g/mol. The summed E-state index contributed by atoms with van der Waals surface area (Å²) in [6.45, 7) is 0. The fourth-order valence-electron chi connectivity index (χ4n) is 4.25. The van der Waals surface area contributed by atoms with E-state index in [1.54, 1.807) is 86.0 Å². The average molecular weight is 512 g/mol. The fraction of sp³-hybridized carbons (Fsp3) is 0.138. The van der Waals surface area contributed by atoms with Crippen LogP contribution in [-0.4, -0.2) is 33.3 Å². The number of ether oxygens (including phenoxy) is 4. The van der Waals surface area contributed by atoms with Gasteiger partial charge in [0.2, 0.25) is 0 Å². The van der Waals surface area contributed by atoms with Crippen LogP contribution in [0, 0.1) is 11.3 Å². The van der Waals surface area contributed by atoms with Gasteiger partial charge in [-0.15, -0.1) is 0 Å². The number of nitrogens with two attached hydrogens (primary N) is 1. The Labute approximate surface area is 219 Å². The summed E-state index contributed by atoms with van der Waals surface area (Å²) >= 11 is 0. The monoisotopic (exact) mass is 511 g/mol. The Balaban J connectivity index is 1.84. The Morgan fingerprint density at radius 2 is 1.50 bits per heavy atom. The highest BCUT2D eigenvalue weighted by molar-refractivity contribution is 6.06. The lowest BCUT2D eigenvalue weighted by Gasteiger charge is -2.35. The van der Waals surface area contributed by atoms with Crippen molar-refractivity contribution in [3.8, 4) is 23.3 Å². The number of allylic oxidation sites excluding steroid dienone is 1. The zero-order chi connectivity index (χ0) is 27.2. The zero-order valence-electron chi connectivity index (χ0n) is 21.0. The van der Waals surface area contributed by atoms with Crippen molar-refractivity contribution >= 4 is 17.6 Å². The molecule has 0 amide bonds. The van der Waals surface area contributed by atoms with Crippen molar-refractivity contribution in [2.75, 3.05) is 26.2 Å². The largest absolute Gasteiger partial charge is 0.497 e. The smallest absolute Gasteiger partial charge is 0.355 e. The van der Waals surface area contributed by atoms with Crippen LogP contribution >= 0.6 is 0 Å². The van der Waals surface area contributed by atoms with E-state index in [2.05, 4.69) is 6.07 Å². The second-order valence-corrected chi connectivity index (χ2v) is 8.11. The van der Waals surface area contributed by atoms with E-state index >= 15 is 0 Å². The van der Waals surface area contributed by atoms with E-state index in [1.807, 2.05) is 0 Å². The summed E-state index contributed by atoms with van der Waals surface area (Å²) in [7, 11) is 3.97. The number of nitriles is 1. The number of benzene rings is 3. The van der Waals surface area contributed by atoms with Crippen molar-refractivity contribution in [3.63, 3.8) is 0 Å². The first kappa shape index (κ1) is 25.9. The van der Waals surface area contributed by atoms with Gasteiger partial charge in [-0.1, -0.05) is 36.4 Å². The minimum absolute atomic E-state index is 0.0177. The average Bonchev–Trinajstić information content (AvgIpc) is 2.96. The molecule has 192 valence electrons. The summed E-state index contributed by atoms with van der Waals surface area (Å²) in [5.74, 6) is -0.849. The van der Waals surface area contributed by atoms with Crippen LogP contribution in [0.25, 0.3) is 0 Å². The molecule has 0 fully saturated rings. The Bertz CT molecular complexity index is 1460. The quantitative estimate of drug-likeness (QED) is 0.460. The zero-order valence-corrected chi connectivity index (χ0v) is 21.0. The molecule has 0 radical (unpaired) electrons. The number of carbonyl (C=O) groups excluding carboxylic acids is 2. The van der Waals surface area contributed by atoms with Gasteiger partial charge in [0.25, 0.3) is 0 Å². The molecule has 0 saturated heterocycles. The number of hydrogen-bond acceptors (Lipinski definition) is 9. The molecule has 0 saturated carbocycles. The Morgan fingerprint density at radius 1 is 0.842 bits per heavy atom. The van der Waals surface area contributed by atoms with Crippen LogP contribution < -0.4 is 20.1 Å². The second kappa shape index (κ2) is 11.2. The minimum atomic E-state index is -0.935. The van der Waals surface area contributed by atoms with Crippen molar-refractivity contribution in [1.82, 2.24) is 0 Å². The van der Waals surface area contributed by atoms with Gasteiger partial charge in [0, 0.05) is 11.8 Å². The highest BCUT2D eigenvalue weighted by Crippen LogP contribution is 2.43. The van der Waals surface area contributed by atoms with Crippen molar-refractivity contribution in [3.05, 3.63) is 107 Å². The van der Waals surface area contributed by atoms with Crippen LogP contribution in [0.5, 0.6) is 17.2 Å². The van der Waals surface area contributed by atoms with Crippen LogP contribution in [0.15, 0.2) is 102 Å². The van der Waals surface area contributed by atoms with Crippen LogP contribution in [-0.2, 0) is 19.1 Å². The van der Waals surface area contributed by atoms with Crippen molar-refractivity contribution < 1.29 is 28.5 Å². The fourth-order valence-corrected chi connectivity index (χ4v) is 4.25. The van der Waals surface area contributed by atoms with Gasteiger partial charge in [0.1, 0.15) is 28.8 Å². The highest BCUT2D eigenvalue weighted by Gasteiger charge is 2.42. The van der Waals surface area contributed by atoms with E-state index in [0.717, 1.165) is 0 Å². The molecule has 0 spiro atoms. The van der Waals surface area contributed by atoms with Gasteiger partial charge in [0.15, 0.2) is 0 Å². The Kier molecular flexibility index (Phi) is 7.63. The molecule has 1 heterocycles. The molecule has 0 aliphatic carbocycles. The first-order chi connectivity index (χ1) is 18.4. The van der Waals surface area contributed by atoms with Gasteiger partial charge in [-0.25, -0.2) is 9.59 Å². The molecule has 1 unspecified atom stereocenters. The molecule has 3 aromatic carbocycles. The minimum Gasteiger partial charge on any atom is -0.497 e. The number of esters is 2. The van der Waals surface area contributed by atoms with Crippen LogP contribution in [0.1, 0.15) is 11.5 Å². The molecule has 0 bridgehead atoms. The van der Waals surface area contributed by atoms with Crippen LogP contribution in [0.2, 0.25) is 0 Å². The third kappa shape index (κ3) is 4.88. The molecule has 3 aromatic rings. The molecule has 1 aliphatic heterocycles. The maximum Gasteiger partial charge on any atom is 0.355 e. The first-order valence-corrected chi connectivity index (χ1v) is 11.5. The van der Waals surface area contributed by atoms with E-state index in [0.29, 0.717) is 28.5 Å². The number of nitrogens with zero attached hydrogens (tertiary/aromatic N) is 2. The maximum absolute atomic E-state index is 13.1. The van der Waals surface area contributed by atoms with Crippen LogP contribution in [0.4, 0.5) is 5.69 Å². The maximum atomic E-state index is 13.1. The molecule has 0 aromatic heterocycles. The van der Waals surface area contributed by atoms with Gasteiger partial charge in [-0.05, 0) is 42.0 Å². The summed E-state index contributed by atoms with van der Waals surface area (Å²) in [6, 6.07) is 24.7. The lowest BCUT2D eigenvalue weighted by Crippen LogP contribution is -2.40. The van der Waals surface area contributed by atoms with E-state index in [-0.39, 0.29) is 22.7 Å². The third-order valence-electron chi connectivity index (χ3n) is 5.98. The summed E-state index contributed by atoms with van der Waals surface area (Å²) in [5.41, 5.74) is 7.39. The van der Waals surface area contributed by atoms with Gasteiger partial charge in [-0.3, -0.25) is 4.90 Å². The predicted octanol–water partition coefficient (Wildman–Crippen LogP) is 4.39. The van der Waals surface area contributed by atoms with E-state index in [4.69, 9.17) is 24.7 Å². The number of methoxy groups -OCH3 is 3. The summed E-state index contributed by atoms with van der Waals surface area (Å²) in [4.78, 5) is 27.6. The number of rotatable bonds is 7. The van der Waals surface area contributed by atoms with E-state index in [9.17, 15) is 14.9 Å². The van der Waals surface area contributed by atoms with Gasteiger partial charge in [-0.2, -0.15) is 5.26 Å². The summed E-state index contributed by atoms with van der Waals surface area (Å²) in [5, 5.41) is 10.1. The molecular formula is C29H25N3O6.